The molecule has 0 aliphatic rings. The zero-order valence-electron chi connectivity index (χ0n) is 10.9. The van der Waals surface area contributed by atoms with Gasteiger partial charge in [-0.3, -0.25) is 4.98 Å². The number of fused-ring (bicyclic) bond motifs is 1. The maximum Gasteiger partial charge on any atom is 0.0346 e. The van der Waals surface area contributed by atoms with Gasteiger partial charge in [0.05, 0.1) is 0 Å². The third-order valence-corrected chi connectivity index (χ3v) is 3.40. The molecule has 2 aromatic carbocycles. The molecule has 0 spiro atoms. The second-order valence-corrected chi connectivity index (χ2v) is 4.82. The van der Waals surface area contributed by atoms with Crippen molar-refractivity contribution in [3.8, 4) is 11.1 Å². The summed E-state index contributed by atoms with van der Waals surface area (Å²) < 4.78 is 0. The Morgan fingerprint density at radius 1 is 1.05 bits per heavy atom. The van der Waals surface area contributed by atoms with Crippen molar-refractivity contribution in [3.63, 3.8) is 0 Å². The van der Waals surface area contributed by atoms with E-state index in [1.165, 1.54) is 16.5 Å². The van der Waals surface area contributed by atoms with Gasteiger partial charge in [-0.05, 0) is 41.1 Å². The largest absolute Gasteiger partial charge is 0.324 e. The molecule has 0 saturated carbocycles. The van der Waals surface area contributed by atoms with Crippen molar-refractivity contribution in [2.75, 3.05) is 0 Å². The van der Waals surface area contributed by atoms with E-state index in [-0.39, 0.29) is 6.04 Å². The van der Waals surface area contributed by atoms with Gasteiger partial charge < -0.3 is 5.73 Å². The van der Waals surface area contributed by atoms with Crippen LogP contribution in [-0.2, 0) is 0 Å². The minimum absolute atomic E-state index is 0.0524. The van der Waals surface area contributed by atoms with Gasteiger partial charge in [0.1, 0.15) is 0 Å². The average molecular weight is 248 g/mol. The van der Waals surface area contributed by atoms with E-state index in [1.807, 2.05) is 19.3 Å². The van der Waals surface area contributed by atoms with E-state index in [1.54, 1.807) is 0 Å². The van der Waals surface area contributed by atoms with Gasteiger partial charge in [0.2, 0.25) is 0 Å². The third-order valence-electron chi connectivity index (χ3n) is 3.40. The molecule has 0 radical (unpaired) electrons. The lowest BCUT2D eigenvalue weighted by molar-refractivity contribution is 0.819. The molecule has 0 bridgehead atoms. The van der Waals surface area contributed by atoms with Crippen LogP contribution in [-0.4, -0.2) is 4.98 Å². The Kier molecular flexibility index (Phi) is 3.02. The van der Waals surface area contributed by atoms with Crippen molar-refractivity contribution in [1.82, 2.24) is 4.98 Å². The molecule has 3 aromatic rings. The van der Waals surface area contributed by atoms with Crippen LogP contribution in [0.4, 0.5) is 0 Å². The van der Waals surface area contributed by atoms with Crippen molar-refractivity contribution in [1.29, 1.82) is 0 Å². The highest BCUT2D eigenvalue weighted by molar-refractivity contribution is 5.96. The van der Waals surface area contributed by atoms with E-state index in [0.29, 0.717) is 0 Å². The van der Waals surface area contributed by atoms with Crippen LogP contribution in [0.1, 0.15) is 18.5 Å². The molecule has 1 aromatic heterocycles. The van der Waals surface area contributed by atoms with Gasteiger partial charge >= 0.3 is 0 Å². The lowest BCUT2D eigenvalue weighted by Crippen LogP contribution is -2.04. The normalized spacial score (nSPS) is 12.5. The fourth-order valence-electron chi connectivity index (χ4n) is 2.36. The van der Waals surface area contributed by atoms with Crippen molar-refractivity contribution < 1.29 is 0 Å². The number of hydrogen-bond acceptors (Lipinski definition) is 2. The van der Waals surface area contributed by atoms with E-state index in [9.17, 15) is 0 Å². The molecule has 1 heterocycles. The molecule has 1 unspecified atom stereocenters. The van der Waals surface area contributed by atoms with Gasteiger partial charge in [-0.15, -0.1) is 0 Å². The Bertz CT molecular complexity index is 712. The number of benzene rings is 2. The van der Waals surface area contributed by atoms with Crippen LogP contribution in [0, 0.1) is 0 Å². The van der Waals surface area contributed by atoms with Gasteiger partial charge in [-0.1, -0.05) is 36.4 Å². The maximum absolute atomic E-state index is 5.96. The van der Waals surface area contributed by atoms with Gasteiger partial charge in [0.15, 0.2) is 0 Å². The van der Waals surface area contributed by atoms with Crippen LogP contribution in [0.25, 0.3) is 21.9 Å². The Balaban J connectivity index is 2.22. The van der Waals surface area contributed by atoms with E-state index in [2.05, 4.69) is 53.5 Å². The summed E-state index contributed by atoms with van der Waals surface area (Å²) in [5.74, 6) is 0. The summed E-state index contributed by atoms with van der Waals surface area (Å²) in [6.07, 6.45) is 3.73. The first-order valence-corrected chi connectivity index (χ1v) is 6.44. The van der Waals surface area contributed by atoms with E-state index in [0.717, 1.165) is 10.9 Å². The van der Waals surface area contributed by atoms with Crippen molar-refractivity contribution in [2.24, 2.45) is 5.73 Å². The first kappa shape index (κ1) is 11.9. The van der Waals surface area contributed by atoms with Crippen LogP contribution in [0.3, 0.4) is 0 Å². The Labute approximate surface area is 112 Å². The number of nitrogens with zero attached hydrogens (tertiary/aromatic N) is 1. The summed E-state index contributed by atoms with van der Waals surface area (Å²) in [6, 6.07) is 16.8. The SMILES string of the molecule is CC(N)c1cccc(-c2cccc3cnccc23)c1. The fourth-order valence-corrected chi connectivity index (χ4v) is 2.36. The highest BCUT2D eigenvalue weighted by atomic mass is 14.6. The Morgan fingerprint density at radius 2 is 1.89 bits per heavy atom. The summed E-state index contributed by atoms with van der Waals surface area (Å²) in [5, 5.41) is 2.38. The molecular formula is C17H16N2. The van der Waals surface area contributed by atoms with Crippen LogP contribution in [0.5, 0.6) is 0 Å². The number of pyridine rings is 1. The highest BCUT2D eigenvalue weighted by Gasteiger charge is 2.05. The molecule has 2 nitrogen and oxygen atoms in total. The van der Waals surface area contributed by atoms with Crippen LogP contribution >= 0.6 is 0 Å². The smallest absolute Gasteiger partial charge is 0.0346 e. The first-order chi connectivity index (χ1) is 9.25. The zero-order valence-corrected chi connectivity index (χ0v) is 10.9. The standard InChI is InChI=1S/C17H16N2/c1-12(18)13-4-2-5-14(10-13)16-7-3-6-15-11-19-9-8-17(15)16/h2-12H,18H2,1H3. The zero-order chi connectivity index (χ0) is 13.2. The predicted octanol–water partition coefficient (Wildman–Crippen LogP) is 3.92. The molecular weight excluding hydrogens is 232 g/mol. The molecule has 1 atom stereocenters. The molecule has 94 valence electrons. The third kappa shape index (κ3) is 2.23. The quantitative estimate of drug-likeness (QED) is 0.746. The number of hydrogen-bond donors (Lipinski definition) is 1. The van der Waals surface area contributed by atoms with Crippen molar-refractivity contribution in [2.45, 2.75) is 13.0 Å². The van der Waals surface area contributed by atoms with E-state index >= 15 is 0 Å². The van der Waals surface area contributed by atoms with Gasteiger partial charge in [-0.2, -0.15) is 0 Å². The molecule has 0 fully saturated rings. The van der Waals surface area contributed by atoms with Gasteiger partial charge in [0.25, 0.3) is 0 Å². The minimum Gasteiger partial charge on any atom is -0.324 e. The summed E-state index contributed by atoms with van der Waals surface area (Å²) in [6.45, 7) is 2.01. The summed E-state index contributed by atoms with van der Waals surface area (Å²) in [7, 11) is 0. The maximum atomic E-state index is 5.96. The fraction of sp³-hybridized carbons (Fsp3) is 0.118. The summed E-state index contributed by atoms with van der Waals surface area (Å²) in [4.78, 5) is 4.17. The molecule has 0 amide bonds. The Hall–Kier alpha value is -2.19. The molecule has 19 heavy (non-hydrogen) atoms. The van der Waals surface area contributed by atoms with Crippen LogP contribution < -0.4 is 5.73 Å². The number of aromatic nitrogens is 1. The second-order valence-electron chi connectivity index (χ2n) is 4.82. The topological polar surface area (TPSA) is 38.9 Å². The minimum atomic E-state index is 0.0524. The molecule has 3 rings (SSSR count). The van der Waals surface area contributed by atoms with E-state index in [4.69, 9.17) is 5.73 Å². The van der Waals surface area contributed by atoms with Crippen LogP contribution in [0.2, 0.25) is 0 Å². The highest BCUT2D eigenvalue weighted by Crippen LogP contribution is 2.29. The lowest BCUT2D eigenvalue weighted by Gasteiger charge is -2.10. The van der Waals surface area contributed by atoms with E-state index < -0.39 is 0 Å². The molecule has 0 saturated heterocycles. The molecule has 2 N–H and O–H groups in total. The number of rotatable bonds is 2. The predicted molar refractivity (Wildman–Crippen MR) is 79.8 cm³/mol. The Morgan fingerprint density at radius 3 is 2.74 bits per heavy atom. The monoisotopic (exact) mass is 248 g/mol. The molecule has 0 aliphatic heterocycles. The number of nitrogens with two attached hydrogens (primary N) is 1. The van der Waals surface area contributed by atoms with Crippen LogP contribution in [0.15, 0.2) is 60.9 Å². The lowest BCUT2D eigenvalue weighted by atomic mass is 9.97. The summed E-state index contributed by atoms with van der Waals surface area (Å²) in [5.41, 5.74) is 9.54. The van der Waals surface area contributed by atoms with Crippen molar-refractivity contribution in [3.05, 3.63) is 66.5 Å². The van der Waals surface area contributed by atoms with Gasteiger partial charge in [0, 0.05) is 23.8 Å². The second kappa shape index (κ2) is 4.82. The average Bonchev–Trinajstić information content (AvgIpc) is 2.47. The molecule has 2 heteroatoms. The molecule has 0 aliphatic carbocycles. The summed E-state index contributed by atoms with van der Waals surface area (Å²) >= 11 is 0. The van der Waals surface area contributed by atoms with Crippen molar-refractivity contribution >= 4 is 10.8 Å². The first-order valence-electron chi connectivity index (χ1n) is 6.44. The van der Waals surface area contributed by atoms with Gasteiger partial charge in [-0.25, -0.2) is 0 Å².